The van der Waals surface area contributed by atoms with E-state index in [4.69, 9.17) is 4.74 Å². The Hall–Kier alpha value is -0.760. The van der Waals surface area contributed by atoms with Crippen molar-refractivity contribution in [2.75, 3.05) is 6.61 Å². The molecule has 1 nitrogen and oxygen atoms in total. The lowest BCUT2D eigenvalue weighted by atomic mass is 9.91. The Bertz CT molecular complexity index is 520. The highest BCUT2D eigenvalue weighted by Gasteiger charge is 2.77. The second kappa shape index (κ2) is 3.41. The minimum Gasteiger partial charge on any atom is -0.493 e. The molecule has 0 spiro atoms. The van der Waals surface area contributed by atoms with Crippen LogP contribution < -0.4 is 4.74 Å². The Morgan fingerprint density at radius 1 is 1.22 bits per heavy atom. The zero-order chi connectivity index (χ0) is 12.4. The summed E-state index contributed by atoms with van der Waals surface area (Å²) in [4.78, 5) is 0. The highest BCUT2D eigenvalue weighted by Crippen LogP contribution is 2.78. The number of allylic oxidation sites excluding steroid dienone is 2. The van der Waals surface area contributed by atoms with Crippen molar-refractivity contribution in [2.24, 2.45) is 17.3 Å². The summed E-state index contributed by atoms with van der Waals surface area (Å²) in [7, 11) is 0. The lowest BCUT2D eigenvalue weighted by Crippen LogP contribution is -2.25. The first-order chi connectivity index (χ1) is 8.64. The van der Waals surface area contributed by atoms with Gasteiger partial charge in [0.2, 0.25) is 0 Å². The van der Waals surface area contributed by atoms with E-state index < -0.39 is 0 Å². The molecular formula is C16H17BrO. The van der Waals surface area contributed by atoms with Crippen molar-refractivity contribution in [3.8, 4) is 5.75 Å². The second-order valence-corrected chi connectivity index (χ2v) is 7.55. The maximum Gasteiger partial charge on any atom is 0.119 e. The Morgan fingerprint density at radius 3 is 2.61 bits per heavy atom. The highest BCUT2D eigenvalue weighted by molar-refractivity contribution is 9.10. The van der Waals surface area contributed by atoms with Gasteiger partial charge in [-0.3, -0.25) is 0 Å². The smallest absolute Gasteiger partial charge is 0.119 e. The van der Waals surface area contributed by atoms with Gasteiger partial charge in [-0.15, -0.1) is 0 Å². The molecule has 1 aromatic rings. The van der Waals surface area contributed by atoms with Gasteiger partial charge in [0.25, 0.3) is 0 Å². The average molecular weight is 305 g/mol. The van der Waals surface area contributed by atoms with Gasteiger partial charge in [0.05, 0.1) is 6.61 Å². The standard InChI is InChI=1S/C16H17BrO/c1-11-2-6-14(7-3-11)18-10-15-9-16(15,17)13-5-4-12(15)8-13/h2-7,12-13H,8-10H2,1H3. The van der Waals surface area contributed by atoms with E-state index in [0.717, 1.165) is 24.2 Å². The molecule has 4 rings (SSSR count). The number of aryl methyl sites for hydroxylation is 1. The molecule has 0 aromatic heterocycles. The van der Waals surface area contributed by atoms with Crippen molar-refractivity contribution in [2.45, 2.75) is 24.1 Å². The Balaban J connectivity index is 1.51. The third-order valence-corrected chi connectivity index (χ3v) is 6.83. The molecule has 94 valence electrons. The van der Waals surface area contributed by atoms with Crippen LogP contribution in [-0.2, 0) is 0 Å². The molecule has 2 heteroatoms. The van der Waals surface area contributed by atoms with Crippen molar-refractivity contribution in [1.29, 1.82) is 0 Å². The highest BCUT2D eigenvalue weighted by atomic mass is 79.9. The first-order valence-electron chi connectivity index (χ1n) is 6.71. The number of rotatable bonds is 3. The van der Waals surface area contributed by atoms with Crippen molar-refractivity contribution >= 4 is 15.9 Å². The van der Waals surface area contributed by atoms with E-state index >= 15 is 0 Å². The molecule has 3 aliphatic rings. The summed E-state index contributed by atoms with van der Waals surface area (Å²) < 4.78 is 6.39. The minimum absolute atomic E-state index is 0.351. The van der Waals surface area contributed by atoms with Crippen LogP contribution in [0.4, 0.5) is 0 Å². The fraction of sp³-hybridized carbons (Fsp3) is 0.500. The summed E-state index contributed by atoms with van der Waals surface area (Å²) in [6, 6.07) is 8.38. The third-order valence-electron chi connectivity index (χ3n) is 5.17. The van der Waals surface area contributed by atoms with E-state index in [0.29, 0.717) is 9.74 Å². The van der Waals surface area contributed by atoms with E-state index in [1.807, 2.05) is 0 Å². The van der Waals surface area contributed by atoms with Crippen LogP contribution in [0.15, 0.2) is 36.4 Å². The number of alkyl halides is 1. The maximum atomic E-state index is 6.04. The van der Waals surface area contributed by atoms with Gasteiger partial charge in [-0.25, -0.2) is 0 Å². The van der Waals surface area contributed by atoms with Crippen LogP contribution in [0.5, 0.6) is 5.75 Å². The van der Waals surface area contributed by atoms with Gasteiger partial charge in [-0.1, -0.05) is 45.8 Å². The molecule has 4 unspecified atom stereocenters. The van der Waals surface area contributed by atoms with Crippen molar-refractivity contribution in [1.82, 2.24) is 0 Å². The van der Waals surface area contributed by atoms with Crippen molar-refractivity contribution in [3.63, 3.8) is 0 Å². The molecule has 0 radical (unpaired) electrons. The van der Waals surface area contributed by atoms with Crippen LogP contribution in [0, 0.1) is 24.2 Å². The predicted octanol–water partition coefficient (Wildman–Crippen LogP) is 4.10. The van der Waals surface area contributed by atoms with E-state index in [2.05, 4.69) is 59.3 Å². The number of ether oxygens (including phenoxy) is 1. The summed E-state index contributed by atoms with van der Waals surface area (Å²) in [5, 5.41) is 0. The van der Waals surface area contributed by atoms with Crippen LogP contribution in [-0.4, -0.2) is 10.9 Å². The van der Waals surface area contributed by atoms with E-state index in [1.54, 1.807) is 0 Å². The first kappa shape index (κ1) is 11.1. The van der Waals surface area contributed by atoms with Crippen LogP contribution in [0.25, 0.3) is 0 Å². The van der Waals surface area contributed by atoms with Gasteiger partial charge >= 0.3 is 0 Å². The topological polar surface area (TPSA) is 9.23 Å². The van der Waals surface area contributed by atoms with Gasteiger partial charge in [0.1, 0.15) is 5.75 Å². The third kappa shape index (κ3) is 1.27. The molecule has 4 atom stereocenters. The minimum atomic E-state index is 0.351. The molecule has 0 aliphatic heterocycles. The lowest BCUT2D eigenvalue weighted by Gasteiger charge is -2.23. The van der Waals surface area contributed by atoms with Crippen LogP contribution in [0.1, 0.15) is 18.4 Å². The molecular weight excluding hydrogens is 288 g/mol. The van der Waals surface area contributed by atoms with Crippen LogP contribution >= 0.6 is 15.9 Å². The average Bonchev–Trinajstić information content (AvgIpc) is 2.73. The quantitative estimate of drug-likeness (QED) is 0.603. The molecule has 0 N–H and O–H groups in total. The molecule has 0 amide bonds. The normalized spacial score (nSPS) is 43.0. The fourth-order valence-electron chi connectivity index (χ4n) is 3.93. The van der Waals surface area contributed by atoms with Gasteiger partial charge < -0.3 is 4.74 Å². The van der Waals surface area contributed by atoms with Crippen LogP contribution in [0.3, 0.4) is 0 Å². The van der Waals surface area contributed by atoms with Gasteiger partial charge in [0, 0.05) is 9.74 Å². The summed E-state index contributed by atoms with van der Waals surface area (Å²) in [5.41, 5.74) is 1.65. The van der Waals surface area contributed by atoms with Crippen molar-refractivity contribution in [3.05, 3.63) is 42.0 Å². The summed E-state index contributed by atoms with van der Waals surface area (Å²) in [6.45, 7) is 2.96. The number of hydrogen-bond acceptors (Lipinski definition) is 1. The Labute approximate surface area is 116 Å². The SMILES string of the molecule is Cc1ccc(OCC23CC2(Br)C2C=CC3C2)cc1. The molecule has 2 bridgehead atoms. The fourth-order valence-corrected chi connectivity index (χ4v) is 5.18. The van der Waals surface area contributed by atoms with Gasteiger partial charge in [-0.05, 0) is 43.7 Å². The van der Waals surface area contributed by atoms with Crippen molar-refractivity contribution < 1.29 is 4.74 Å². The number of benzene rings is 1. The van der Waals surface area contributed by atoms with E-state index in [-0.39, 0.29) is 0 Å². The number of fused-ring (bicyclic) bond motifs is 5. The molecule has 0 heterocycles. The predicted molar refractivity (Wildman–Crippen MR) is 76.1 cm³/mol. The molecule has 1 aromatic carbocycles. The zero-order valence-corrected chi connectivity index (χ0v) is 12.1. The molecule has 2 saturated carbocycles. The first-order valence-corrected chi connectivity index (χ1v) is 7.50. The monoisotopic (exact) mass is 304 g/mol. The number of halogens is 1. The molecule has 18 heavy (non-hydrogen) atoms. The lowest BCUT2D eigenvalue weighted by molar-refractivity contribution is 0.204. The zero-order valence-electron chi connectivity index (χ0n) is 10.5. The second-order valence-electron chi connectivity index (χ2n) is 6.13. The summed E-state index contributed by atoms with van der Waals surface area (Å²) in [6.07, 6.45) is 7.41. The van der Waals surface area contributed by atoms with E-state index in [1.165, 1.54) is 18.4 Å². The summed E-state index contributed by atoms with van der Waals surface area (Å²) in [5.74, 6) is 2.47. The molecule has 3 aliphatic carbocycles. The Kier molecular flexibility index (Phi) is 2.10. The Morgan fingerprint density at radius 2 is 1.94 bits per heavy atom. The summed E-state index contributed by atoms with van der Waals surface area (Å²) >= 11 is 3.98. The largest absolute Gasteiger partial charge is 0.493 e. The van der Waals surface area contributed by atoms with Crippen LogP contribution in [0.2, 0.25) is 0 Å². The van der Waals surface area contributed by atoms with Gasteiger partial charge in [-0.2, -0.15) is 0 Å². The van der Waals surface area contributed by atoms with Gasteiger partial charge in [0.15, 0.2) is 0 Å². The maximum absolute atomic E-state index is 6.04. The molecule has 0 saturated heterocycles. The molecule has 2 fully saturated rings. The number of hydrogen-bond donors (Lipinski definition) is 0. The van der Waals surface area contributed by atoms with E-state index in [9.17, 15) is 0 Å².